The van der Waals surface area contributed by atoms with Gasteiger partial charge in [-0.1, -0.05) is 12.1 Å². The van der Waals surface area contributed by atoms with E-state index in [-0.39, 0.29) is 5.75 Å². The van der Waals surface area contributed by atoms with E-state index >= 15 is 0 Å². The second-order valence-electron chi connectivity index (χ2n) is 5.24. The van der Waals surface area contributed by atoms with Crippen LogP contribution in [0.2, 0.25) is 0 Å². The summed E-state index contributed by atoms with van der Waals surface area (Å²) in [5, 5.41) is 19.4. The second kappa shape index (κ2) is 4.13. The van der Waals surface area contributed by atoms with Crippen LogP contribution in [-0.2, 0) is 0 Å². The number of phenols is 1. The number of nitriles is 1. The summed E-state index contributed by atoms with van der Waals surface area (Å²) in [5.74, 6) is 0.679. The zero-order chi connectivity index (χ0) is 12.6. The van der Waals surface area contributed by atoms with Gasteiger partial charge in [0, 0.05) is 11.3 Å². The number of rotatable bonds is 1. The first-order chi connectivity index (χ1) is 8.75. The molecular formula is C15H16N2O. The minimum absolute atomic E-state index is 0.265. The standard InChI is InChI=1S/C15H16N2O/c16-10-15-9-3-4-11(15)7-8-13(17-15)12-5-1-2-6-14(12)18/h1-2,5-6,11,18H,3-4,7-9H2/t11-,15+/m0/s1. The van der Waals surface area contributed by atoms with Crippen molar-refractivity contribution in [3.8, 4) is 11.8 Å². The third-order valence-corrected chi connectivity index (χ3v) is 4.26. The fourth-order valence-electron chi connectivity index (χ4n) is 3.28. The molecule has 1 aromatic carbocycles. The Morgan fingerprint density at radius 1 is 1.33 bits per heavy atom. The van der Waals surface area contributed by atoms with Gasteiger partial charge in [0.05, 0.1) is 6.07 Å². The number of aromatic hydroxyl groups is 1. The van der Waals surface area contributed by atoms with Gasteiger partial charge in [0.15, 0.2) is 0 Å². The van der Waals surface area contributed by atoms with Crippen molar-refractivity contribution in [3.05, 3.63) is 29.8 Å². The molecular weight excluding hydrogens is 224 g/mol. The average molecular weight is 240 g/mol. The van der Waals surface area contributed by atoms with Gasteiger partial charge in [0.2, 0.25) is 0 Å². The number of phenolic OH excluding ortho intramolecular Hbond substituents is 1. The van der Waals surface area contributed by atoms with E-state index in [0.29, 0.717) is 5.92 Å². The zero-order valence-electron chi connectivity index (χ0n) is 10.3. The normalized spacial score (nSPS) is 30.4. The second-order valence-corrected chi connectivity index (χ2v) is 5.24. The molecule has 0 spiro atoms. The number of para-hydroxylation sites is 1. The fraction of sp³-hybridized carbons (Fsp3) is 0.467. The fourth-order valence-corrected chi connectivity index (χ4v) is 3.28. The number of benzene rings is 1. The first-order valence-corrected chi connectivity index (χ1v) is 6.53. The van der Waals surface area contributed by atoms with Gasteiger partial charge in [-0.2, -0.15) is 5.26 Å². The van der Waals surface area contributed by atoms with E-state index in [4.69, 9.17) is 4.99 Å². The molecule has 1 aliphatic heterocycles. The molecule has 1 fully saturated rings. The van der Waals surface area contributed by atoms with Gasteiger partial charge >= 0.3 is 0 Å². The number of nitrogens with zero attached hydrogens (tertiary/aromatic N) is 2. The molecule has 0 unspecified atom stereocenters. The maximum Gasteiger partial charge on any atom is 0.150 e. The van der Waals surface area contributed by atoms with Gasteiger partial charge in [-0.05, 0) is 50.2 Å². The first-order valence-electron chi connectivity index (χ1n) is 6.53. The summed E-state index contributed by atoms with van der Waals surface area (Å²) in [7, 11) is 0. The third kappa shape index (κ3) is 1.60. The Hall–Kier alpha value is -1.82. The van der Waals surface area contributed by atoms with Gasteiger partial charge in [-0.25, -0.2) is 0 Å². The highest BCUT2D eigenvalue weighted by Crippen LogP contribution is 2.45. The lowest BCUT2D eigenvalue weighted by Crippen LogP contribution is -2.35. The zero-order valence-corrected chi connectivity index (χ0v) is 10.3. The van der Waals surface area contributed by atoms with Crippen molar-refractivity contribution >= 4 is 5.71 Å². The molecule has 18 heavy (non-hydrogen) atoms. The molecule has 2 atom stereocenters. The van der Waals surface area contributed by atoms with Crippen molar-refractivity contribution in [2.24, 2.45) is 10.9 Å². The molecule has 0 saturated heterocycles. The molecule has 3 heteroatoms. The Morgan fingerprint density at radius 2 is 2.17 bits per heavy atom. The predicted octanol–water partition coefficient (Wildman–Crippen LogP) is 3.04. The molecule has 92 valence electrons. The number of fused-ring (bicyclic) bond motifs is 1. The van der Waals surface area contributed by atoms with E-state index in [1.165, 1.54) is 0 Å². The van der Waals surface area contributed by atoms with Crippen LogP contribution in [0, 0.1) is 17.2 Å². The van der Waals surface area contributed by atoms with Crippen LogP contribution in [0.25, 0.3) is 0 Å². The summed E-state index contributed by atoms with van der Waals surface area (Å²) >= 11 is 0. The lowest BCUT2D eigenvalue weighted by molar-refractivity contribution is 0.364. The van der Waals surface area contributed by atoms with Crippen LogP contribution in [-0.4, -0.2) is 16.4 Å². The lowest BCUT2D eigenvalue weighted by atomic mass is 9.81. The molecule has 1 aromatic rings. The summed E-state index contributed by atoms with van der Waals surface area (Å²) in [6, 6.07) is 9.70. The van der Waals surface area contributed by atoms with Gasteiger partial charge in [-0.3, -0.25) is 4.99 Å². The third-order valence-electron chi connectivity index (χ3n) is 4.26. The summed E-state index contributed by atoms with van der Waals surface area (Å²) in [6.07, 6.45) is 4.96. The van der Waals surface area contributed by atoms with E-state index in [1.54, 1.807) is 12.1 Å². The Bertz CT molecular complexity index is 544. The minimum atomic E-state index is -0.518. The van der Waals surface area contributed by atoms with E-state index in [1.807, 2.05) is 12.1 Å². The molecule has 0 bridgehead atoms. The molecule has 0 aromatic heterocycles. The summed E-state index contributed by atoms with van der Waals surface area (Å²) in [4.78, 5) is 4.72. The number of hydrogen-bond acceptors (Lipinski definition) is 3. The van der Waals surface area contributed by atoms with Crippen LogP contribution in [0.3, 0.4) is 0 Å². The summed E-state index contributed by atoms with van der Waals surface area (Å²) < 4.78 is 0. The highest BCUT2D eigenvalue weighted by Gasteiger charge is 2.45. The van der Waals surface area contributed by atoms with Crippen LogP contribution in [0.15, 0.2) is 29.3 Å². The highest BCUT2D eigenvalue weighted by atomic mass is 16.3. The quantitative estimate of drug-likeness (QED) is 0.820. The molecule has 3 nitrogen and oxygen atoms in total. The van der Waals surface area contributed by atoms with Crippen molar-refractivity contribution in [2.45, 2.75) is 37.6 Å². The predicted molar refractivity (Wildman–Crippen MR) is 69.6 cm³/mol. The molecule has 1 N–H and O–H groups in total. The van der Waals surface area contributed by atoms with Crippen molar-refractivity contribution < 1.29 is 5.11 Å². The Labute approximate surface area is 107 Å². The molecule has 1 saturated carbocycles. The van der Waals surface area contributed by atoms with Gasteiger partial charge < -0.3 is 5.11 Å². The smallest absolute Gasteiger partial charge is 0.150 e. The summed E-state index contributed by atoms with van der Waals surface area (Å²) in [5.41, 5.74) is 1.17. The molecule has 0 radical (unpaired) electrons. The van der Waals surface area contributed by atoms with Crippen LogP contribution in [0.4, 0.5) is 0 Å². The Balaban J connectivity index is 2.05. The van der Waals surface area contributed by atoms with Crippen LogP contribution in [0.1, 0.15) is 37.7 Å². The molecule has 1 aliphatic carbocycles. The SMILES string of the molecule is N#C[C@]12CCC[C@H]1CCC(c1ccccc1O)=N2. The Kier molecular flexibility index (Phi) is 2.59. The Morgan fingerprint density at radius 3 is 2.94 bits per heavy atom. The maximum absolute atomic E-state index is 9.90. The monoisotopic (exact) mass is 240 g/mol. The van der Waals surface area contributed by atoms with Gasteiger partial charge in [0.1, 0.15) is 11.3 Å². The van der Waals surface area contributed by atoms with Crippen LogP contribution >= 0.6 is 0 Å². The molecule has 3 rings (SSSR count). The largest absolute Gasteiger partial charge is 0.507 e. The first kappa shape index (κ1) is 11.3. The van der Waals surface area contributed by atoms with Gasteiger partial charge in [-0.15, -0.1) is 0 Å². The van der Waals surface area contributed by atoms with Crippen molar-refractivity contribution in [2.75, 3.05) is 0 Å². The molecule has 1 heterocycles. The molecule has 0 amide bonds. The van der Waals surface area contributed by atoms with Crippen LogP contribution < -0.4 is 0 Å². The highest BCUT2D eigenvalue weighted by molar-refractivity contribution is 6.03. The van der Waals surface area contributed by atoms with E-state index in [2.05, 4.69) is 6.07 Å². The lowest BCUT2D eigenvalue weighted by Gasteiger charge is -2.30. The van der Waals surface area contributed by atoms with Crippen molar-refractivity contribution in [1.82, 2.24) is 0 Å². The number of hydrogen-bond donors (Lipinski definition) is 1. The molecule has 2 aliphatic rings. The number of aliphatic imine (C=N–C) groups is 1. The van der Waals surface area contributed by atoms with E-state index in [0.717, 1.165) is 43.4 Å². The van der Waals surface area contributed by atoms with E-state index in [9.17, 15) is 10.4 Å². The van der Waals surface area contributed by atoms with E-state index < -0.39 is 5.54 Å². The maximum atomic E-state index is 9.90. The van der Waals surface area contributed by atoms with Crippen molar-refractivity contribution in [3.63, 3.8) is 0 Å². The van der Waals surface area contributed by atoms with Gasteiger partial charge in [0.25, 0.3) is 0 Å². The van der Waals surface area contributed by atoms with Crippen LogP contribution in [0.5, 0.6) is 5.75 Å². The minimum Gasteiger partial charge on any atom is -0.507 e. The van der Waals surface area contributed by atoms with Crippen molar-refractivity contribution in [1.29, 1.82) is 5.26 Å². The average Bonchev–Trinajstić information content (AvgIpc) is 2.82. The summed E-state index contributed by atoms with van der Waals surface area (Å²) in [6.45, 7) is 0. The topological polar surface area (TPSA) is 56.4 Å².